The topological polar surface area (TPSA) is 77.1 Å². The predicted octanol–water partition coefficient (Wildman–Crippen LogP) is 9.17. The molecule has 0 aliphatic heterocycles. The number of amides is 1. The molecule has 9 heteroatoms. The first-order valence-corrected chi connectivity index (χ1v) is 17.0. The van der Waals surface area contributed by atoms with E-state index in [0.29, 0.717) is 22.0 Å². The lowest BCUT2D eigenvalue weighted by atomic mass is 9.77. The molecule has 0 atom stereocenters. The molecule has 8 aromatic rings. The fourth-order valence-electron chi connectivity index (χ4n) is 6.64. The van der Waals surface area contributed by atoms with Crippen molar-refractivity contribution in [2.75, 3.05) is 5.32 Å². The molecule has 0 unspecified atom stereocenters. The molecule has 4 aromatic carbocycles. The molecule has 1 amide bonds. The summed E-state index contributed by atoms with van der Waals surface area (Å²) >= 11 is 1.30. The molecule has 4 heterocycles. The van der Waals surface area contributed by atoms with Gasteiger partial charge < -0.3 is 0 Å². The Kier molecular flexibility index (Phi) is 7.89. The first-order valence-electron chi connectivity index (χ1n) is 16.2. The minimum Gasteiger partial charge on any atom is -0.299 e. The van der Waals surface area contributed by atoms with Crippen LogP contribution in [-0.4, -0.2) is 30.1 Å². The Labute approximate surface area is 292 Å². The highest BCUT2D eigenvalue weighted by molar-refractivity contribution is 7.13. The van der Waals surface area contributed by atoms with E-state index in [9.17, 15) is 4.79 Å². The Hall–Kier alpha value is -6.19. The van der Waals surface area contributed by atoms with Crippen LogP contribution in [-0.2, 0) is 5.54 Å². The van der Waals surface area contributed by atoms with Crippen molar-refractivity contribution in [3.8, 4) is 22.4 Å². The van der Waals surface area contributed by atoms with Crippen molar-refractivity contribution in [2.45, 2.75) is 19.4 Å². The van der Waals surface area contributed by atoms with E-state index in [4.69, 9.17) is 5.10 Å². The van der Waals surface area contributed by atoms with Crippen LogP contribution in [0.4, 0.5) is 9.52 Å². The SMILES string of the molecule is Cc1csc(NC(=O)c2ccc(-c3cnc4ccc(-c5cn(C(c6ccccc6)(c6ccccc6)c6ccccc6)nc5C)cn34)cc2F)n1. The Morgan fingerprint density at radius 1 is 0.780 bits per heavy atom. The van der Waals surface area contributed by atoms with Gasteiger partial charge in [0.1, 0.15) is 17.0 Å². The lowest BCUT2D eigenvalue weighted by molar-refractivity contribution is 0.102. The number of aromatic nitrogens is 5. The first-order chi connectivity index (χ1) is 24.4. The maximum atomic E-state index is 15.4. The normalized spacial score (nSPS) is 11.6. The van der Waals surface area contributed by atoms with Gasteiger partial charge in [-0.05, 0) is 54.8 Å². The van der Waals surface area contributed by atoms with E-state index in [0.717, 1.165) is 39.2 Å². The third kappa shape index (κ3) is 5.38. The van der Waals surface area contributed by atoms with Crippen LogP contribution in [0.25, 0.3) is 28.0 Å². The number of nitrogens with zero attached hydrogens (tertiary/aromatic N) is 5. The Bertz CT molecular complexity index is 2370. The summed E-state index contributed by atoms with van der Waals surface area (Å²) in [5.74, 6) is -1.18. The van der Waals surface area contributed by atoms with Gasteiger partial charge in [0.25, 0.3) is 5.91 Å². The average molecular weight is 675 g/mol. The molecule has 1 N–H and O–H groups in total. The first kappa shape index (κ1) is 31.1. The fraction of sp³-hybridized carbons (Fsp3) is 0.0732. The number of benzene rings is 4. The van der Waals surface area contributed by atoms with Crippen LogP contribution >= 0.6 is 11.3 Å². The molecule has 0 radical (unpaired) electrons. The van der Waals surface area contributed by atoms with Gasteiger partial charge in [-0.15, -0.1) is 11.3 Å². The third-order valence-electron chi connectivity index (χ3n) is 8.98. The van der Waals surface area contributed by atoms with Crippen molar-refractivity contribution < 1.29 is 9.18 Å². The van der Waals surface area contributed by atoms with Crippen LogP contribution in [0, 0.1) is 19.7 Å². The van der Waals surface area contributed by atoms with Gasteiger partial charge in [-0.3, -0.25) is 19.2 Å². The van der Waals surface area contributed by atoms with Crippen LogP contribution in [0.1, 0.15) is 38.4 Å². The van der Waals surface area contributed by atoms with Gasteiger partial charge in [0, 0.05) is 34.5 Å². The molecule has 244 valence electrons. The second kappa shape index (κ2) is 12.7. The summed E-state index contributed by atoms with van der Waals surface area (Å²) in [5.41, 5.74) is 7.97. The van der Waals surface area contributed by atoms with E-state index in [1.165, 1.54) is 23.5 Å². The van der Waals surface area contributed by atoms with Crippen LogP contribution in [0.15, 0.2) is 145 Å². The highest BCUT2D eigenvalue weighted by atomic mass is 32.1. The van der Waals surface area contributed by atoms with Gasteiger partial charge in [0.2, 0.25) is 0 Å². The predicted molar refractivity (Wildman–Crippen MR) is 196 cm³/mol. The number of halogens is 1. The fourth-order valence-corrected chi connectivity index (χ4v) is 7.32. The number of carbonyl (C=O) groups excluding carboxylic acids is 1. The minimum absolute atomic E-state index is 0.0575. The summed E-state index contributed by atoms with van der Waals surface area (Å²) in [7, 11) is 0. The van der Waals surface area contributed by atoms with Gasteiger partial charge in [0.15, 0.2) is 5.13 Å². The number of nitrogens with one attached hydrogen (secondary N) is 1. The second-order valence-electron chi connectivity index (χ2n) is 12.1. The number of rotatable bonds is 8. The summed E-state index contributed by atoms with van der Waals surface area (Å²) in [5, 5.41) is 10.1. The standard InChI is InChI=1S/C41H31FN6OS/c1-27-26-50-40(44-27)45-39(49)34-20-18-29(22-36(34)42)37-23-43-38-21-19-30(24-47(37)38)35-25-48(46-28(35)2)41(31-12-6-3-7-13-31,32-14-8-4-9-15-32)33-16-10-5-11-17-33/h3-26H,1-2H3,(H,44,45,49). The van der Waals surface area contributed by atoms with E-state index >= 15 is 4.39 Å². The lowest BCUT2D eigenvalue weighted by Gasteiger charge is -2.36. The Morgan fingerprint density at radius 2 is 1.40 bits per heavy atom. The van der Waals surface area contributed by atoms with Gasteiger partial charge in [-0.1, -0.05) is 97.1 Å². The smallest absolute Gasteiger partial charge is 0.260 e. The van der Waals surface area contributed by atoms with E-state index in [2.05, 4.69) is 99.0 Å². The van der Waals surface area contributed by atoms with Crippen LogP contribution < -0.4 is 5.32 Å². The van der Waals surface area contributed by atoms with Gasteiger partial charge in [-0.2, -0.15) is 5.10 Å². The molecule has 0 saturated carbocycles. The molecule has 7 nitrogen and oxygen atoms in total. The summed E-state index contributed by atoms with van der Waals surface area (Å²) in [6.07, 6.45) is 5.83. The number of pyridine rings is 1. The molecule has 0 bridgehead atoms. The molecule has 0 saturated heterocycles. The number of imidazole rings is 1. The number of thiazole rings is 1. The maximum Gasteiger partial charge on any atom is 0.260 e. The van der Waals surface area contributed by atoms with Crippen LogP contribution in [0.3, 0.4) is 0 Å². The molecule has 8 rings (SSSR count). The number of hydrogen-bond acceptors (Lipinski definition) is 5. The van der Waals surface area contributed by atoms with Crippen molar-refractivity contribution in [1.82, 2.24) is 24.1 Å². The molecule has 4 aromatic heterocycles. The minimum atomic E-state index is -0.749. The van der Waals surface area contributed by atoms with Gasteiger partial charge >= 0.3 is 0 Å². The van der Waals surface area contributed by atoms with E-state index in [1.807, 2.05) is 60.2 Å². The Balaban J connectivity index is 1.21. The summed E-state index contributed by atoms with van der Waals surface area (Å²) in [6, 6.07) is 39.9. The largest absolute Gasteiger partial charge is 0.299 e. The zero-order chi connectivity index (χ0) is 34.2. The molecular formula is C41H31FN6OS. The molecule has 0 aliphatic rings. The summed E-state index contributed by atoms with van der Waals surface area (Å²) in [6.45, 7) is 3.85. The zero-order valence-corrected chi connectivity index (χ0v) is 28.1. The van der Waals surface area contributed by atoms with Crippen molar-refractivity contribution in [3.63, 3.8) is 0 Å². The molecule has 0 aliphatic carbocycles. The zero-order valence-electron chi connectivity index (χ0n) is 27.3. The van der Waals surface area contributed by atoms with E-state index in [1.54, 1.807) is 12.3 Å². The second-order valence-corrected chi connectivity index (χ2v) is 13.0. The Morgan fingerprint density at radius 3 is 1.98 bits per heavy atom. The lowest BCUT2D eigenvalue weighted by Crippen LogP contribution is -2.38. The molecule has 0 fully saturated rings. The quantitative estimate of drug-likeness (QED) is 0.163. The molecule has 50 heavy (non-hydrogen) atoms. The van der Waals surface area contributed by atoms with E-state index in [-0.39, 0.29) is 5.56 Å². The molecule has 0 spiro atoms. The summed E-state index contributed by atoms with van der Waals surface area (Å²) < 4.78 is 19.4. The monoisotopic (exact) mass is 674 g/mol. The third-order valence-corrected chi connectivity index (χ3v) is 9.86. The van der Waals surface area contributed by atoms with Crippen molar-refractivity contribution >= 4 is 28.0 Å². The van der Waals surface area contributed by atoms with Gasteiger partial charge in [0.05, 0.1) is 28.8 Å². The van der Waals surface area contributed by atoms with Crippen molar-refractivity contribution in [1.29, 1.82) is 0 Å². The van der Waals surface area contributed by atoms with Crippen LogP contribution in [0.2, 0.25) is 0 Å². The van der Waals surface area contributed by atoms with E-state index < -0.39 is 17.3 Å². The van der Waals surface area contributed by atoms with Crippen LogP contribution in [0.5, 0.6) is 0 Å². The maximum absolute atomic E-state index is 15.4. The number of fused-ring (bicyclic) bond motifs is 1. The highest BCUT2D eigenvalue weighted by Gasteiger charge is 2.39. The van der Waals surface area contributed by atoms with Crippen molar-refractivity contribution in [2.24, 2.45) is 0 Å². The van der Waals surface area contributed by atoms with Gasteiger partial charge in [-0.25, -0.2) is 14.4 Å². The highest BCUT2D eigenvalue weighted by Crippen LogP contribution is 2.42. The number of carbonyl (C=O) groups is 1. The van der Waals surface area contributed by atoms with Crippen molar-refractivity contribution in [3.05, 3.63) is 185 Å². The average Bonchev–Trinajstić information content (AvgIpc) is 3.87. The number of anilines is 1. The number of hydrogen-bond donors (Lipinski definition) is 1. The summed E-state index contributed by atoms with van der Waals surface area (Å²) in [4.78, 5) is 21.7. The number of aryl methyl sites for hydroxylation is 2. The molecular weight excluding hydrogens is 644 g/mol.